The molecular formula is C12H16N2O4S2. The summed E-state index contributed by atoms with van der Waals surface area (Å²) in [4.78, 5) is 17.1. The van der Waals surface area contributed by atoms with E-state index in [0.29, 0.717) is 23.8 Å². The Morgan fingerprint density at radius 3 is 2.80 bits per heavy atom. The van der Waals surface area contributed by atoms with Crippen LogP contribution in [-0.4, -0.2) is 54.2 Å². The smallest absolute Gasteiger partial charge is 0.335 e. The van der Waals surface area contributed by atoms with Gasteiger partial charge in [0.2, 0.25) is 0 Å². The van der Waals surface area contributed by atoms with Crippen molar-refractivity contribution in [3.05, 3.63) is 23.4 Å². The fourth-order valence-electron chi connectivity index (χ4n) is 2.12. The maximum atomic E-state index is 11.9. The molecule has 1 aliphatic heterocycles. The monoisotopic (exact) mass is 316 g/mol. The molecule has 0 saturated carbocycles. The molecule has 2 rings (SSSR count). The first-order valence-electron chi connectivity index (χ1n) is 6.04. The fraction of sp³-hybridized carbons (Fsp3) is 0.500. The van der Waals surface area contributed by atoms with Gasteiger partial charge in [0, 0.05) is 30.0 Å². The van der Waals surface area contributed by atoms with Gasteiger partial charge < -0.3 is 10.0 Å². The molecule has 110 valence electrons. The maximum Gasteiger partial charge on any atom is 0.335 e. The van der Waals surface area contributed by atoms with E-state index < -0.39 is 21.2 Å². The number of thioether (sulfide) groups is 1. The van der Waals surface area contributed by atoms with Crippen LogP contribution in [0.4, 0.5) is 5.82 Å². The van der Waals surface area contributed by atoms with Gasteiger partial charge >= 0.3 is 5.97 Å². The summed E-state index contributed by atoms with van der Waals surface area (Å²) in [6.45, 7) is 2.24. The molecule has 1 fully saturated rings. The maximum absolute atomic E-state index is 11.9. The van der Waals surface area contributed by atoms with Gasteiger partial charge in [0.25, 0.3) is 0 Å². The van der Waals surface area contributed by atoms with Crippen LogP contribution in [0.1, 0.15) is 16.1 Å². The summed E-state index contributed by atoms with van der Waals surface area (Å²) in [7, 11) is -3.25. The summed E-state index contributed by atoms with van der Waals surface area (Å²) in [6.07, 6.45) is 1.20. The first-order chi connectivity index (χ1) is 9.29. The highest BCUT2D eigenvalue weighted by molar-refractivity contribution is 8.01. The topological polar surface area (TPSA) is 87.6 Å². The second-order valence-electron chi connectivity index (χ2n) is 4.71. The molecule has 1 atom stereocenters. The van der Waals surface area contributed by atoms with Crippen molar-refractivity contribution in [3.63, 3.8) is 0 Å². The zero-order valence-electron chi connectivity index (χ0n) is 11.2. The van der Waals surface area contributed by atoms with Gasteiger partial charge in [-0.3, -0.25) is 0 Å². The Labute approximate surface area is 122 Å². The highest BCUT2D eigenvalue weighted by atomic mass is 32.2. The van der Waals surface area contributed by atoms with Gasteiger partial charge in [-0.15, -0.1) is 0 Å². The minimum absolute atomic E-state index is 0.123. The lowest BCUT2D eigenvalue weighted by atomic mass is 10.2. The molecule has 0 bridgehead atoms. The van der Waals surface area contributed by atoms with Gasteiger partial charge in [0.05, 0.1) is 5.56 Å². The molecule has 8 heteroatoms. The molecule has 20 heavy (non-hydrogen) atoms. The average molecular weight is 316 g/mol. The summed E-state index contributed by atoms with van der Waals surface area (Å²) < 4.78 is 23.7. The van der Waals surface area contributed by atoms with Gasteiger partial charge in [-0.1, -0.05) is 0 Å². The number of carbonyl (C=O) groups is 1. The number of hydrogen-bond donors (Lipinski definition) is 1. The molecule has 0 aromatic carbocycles. The quantitative estimate of drug-likeness (QED) is 0.890. The van der Waals surface area contributed by atoms with E-state index in [9.17, 15) is 13.2 Å². The number of sulfone groups is 1. The lowest BCUT2D eigenvalue weighted by molar-refractivity contribution is 0.0696. The van der Waals surface area contributed by atoms with Crippen molar-refractivity contribution in [1.29, 1.82) is 0 Å². The Balaban J connectivity index is 2.45. The number of carboxylic acid groups (broad SMARTS) is 1. The molecule has 2 heterocycles. The van der Waals surface area contributed by atoms with E-state index in [1.807, 2.05) is 0 Å². The first kappa shape index (κ1) is 15.1. The second kappa shape index (κ2) is 5.61. The van der Waals surface area contributed by atoms with Crippen molar-refractivity contribution in [2.24, 2.45) is 0 Å². The van der Waals surface area contributed by atoms with E-state index in [-0.39, 0.29) is 5.56 Å². The van der Waals surface area contributed by atoms with Gasteiger partial charge in [-0.05, 0) is 19.1 Å². The molecule has 1 N–H and O–H groups in total. The van der Waals surface area contributed by atoms with Crippen LogP contribution in [0.5, 0.6) is 0 Å². The Bertz CT molecular complexity index is 630. The third-order valence-electron chi connectivity index (χ3n) is 3.06. The lowest BCUT2D eigenvalue weighted by Gasteiger charge is -2.35. The predicted molar refractivity (Wildman–Crippen MR) is 79.2 cm³/mol. The number of carboxylic acids is 1. The average Bonchev–Trinajstić information content (AvgIpc) is 2.37. The van der Waals surface area contributed by atoms with Crippen LogP contribution >= 0.6 is 11.8 Å². The molecule has 1 saturated heterocycles. The molecule has 1 aromatic rings. The normalized spacial score (nSPS) is 19.9. The zero-order chi connectivity index (χ0) is 14.9. The number of aromatic nitrogens is 1. The standard InChI is InChI=1S/C12H16N2O4S2/c1-8-5-9(12(15)16)6-10(13-8)14-3-4-19-7-11(14)20(2,17)18/h5-6,11H,3-4,7H2,1-2H3,(H,15,16). The van der Waals surface area contributed by atoms with Gasteiger partial charge in [0.1, 0.15) is 11.2 Å². The van der Waals surface area contributed by atoms with Crippen LogP contribution in [0, 0.1) is 6.92 Å². The molecule has 0 spiro atoms. The zero-order valence-corrected chi connectivity index (χ0v) is 12.9. The lowest BCUT2D eigenvalue weighted by Crippen LogP contribution is -2.47. The van der Waals surface area contributed by atoms with Crippen molar-refractivity contribution in [1.82, 2.24) is 4.98 Å². The minimum Gasteiger partial charge on any atom is -0.478 e. The summed E-state index contributed by atoms with van der Waals surface area (Å²) in [6, 6.07) is 2.91. The minimum atomic E-state index is -3.25. The second-order valence-corrected chi connectivity index (χ2v) is 8.07. The van der Waals surface area contributed by atoms with Gasteiger partial charge in [-0.25, -0.2) is 18.2 Å². The van der Waals surface area contributed by atoms with Crippen LogP contribution in [0.2, 0.25) is 0 Å². The summed E-state index contributed by atoms with van der Waals surface area (Å²) in [5, 5.41) is 8.43. The molecule has 1 aliphatic rings. The van der Waals surface area contributed by atoms with Gasteiger partial charge in [-0.2, -0.15) is 11.8 Å². The SMILES string of the molecule is Cc1cc(C(=O)O)cc(N2CCSCC2S(C)(=O)=O)n1. The Kier molecular flexibility index (Phi) is 4.24. The fourth-order valence-corrected chi connectivity index (χ4v) is 4.95. The van der Waals surface area contributed by atoms with Crippen molar-refractivity contribution in [2.45, 2.75) is 12.3 Å². The number of anilines is 1. The highest BCUT2D eigenvalue weighted by Gasteiger charge is 2.32. The molecule has 0 aliphatic carbocycles. The Morgan fingerprint density at radius 2 is 2.20 bits per heavy atom. The summed E-state index contributed by atoms with van der Waals surface area (Å²) in [5.41, 5.74) is 0.684. The number of aromatic carboxylic acids is 1. The van der Waals surface area contributed by atoms with E-state index in [4.69, 9.17) is 5.11 Å². The Morgan fingerprint density at radius 1 is 1.50 bits per heavy atom. The van der Waals surface area contributed by atoms with Crippen molar-refractivity contribution >= 4 is 33.4 Å². The third kappa shape index (κ3) is 3.24. The molecule has 1 unspecified atom stereocenters. The largest absolute Gasteiger partial charge is 0.478 e. The Hall–Kier alpha value is -1.28. The molecule has 0 amide bonds. The van der Waals surface area contributed by atoms with Crippen LogP contribution in [-0.2, 0) is 9.84 Å². The number of nitrogens with zero attached hydrogens (tertiary/aromatic N) is 2. The van der Waals surface area contributed by atoms with Gasteiger partial charge in [0.15, 0.2) is 9.84 Å². The van der Waals surface area contributed by atoms with Crippen molar-refractivity contribution in [3.8, 4) is 0 Å². The third-order valence-corrected chi connectivity index (χ3v) is 5.70. The van der Waals surface area contributed by atoms with Crippen LogP contribution in [0.25, 0.3) is 0 Å². The molecule has 0 radical (unpaired) electrons. The van der Waals surface area contributed by atoms with E-state index in [0.717, 1.165) is 5.75 Å². The number of hydrogen-bond acceptors (Lipinski definition) is 6. The first-order valence-corrected chi connectivity index (χ1v) is 9.15. The predicted octanol–water partition coefficient (Wildman–Crippen LogP) is 1.01. The molecule has 6 nitrogen and oxygen atoms in total. The van der Waals surface area contributed by atoms with Crippen LogP contribution < -0.4 is 4.90 Å². The van der Waals surface area contributed by atoms with Crippen molar-refractivity contribution < 1.29 is 18.3 Å². The molecule has 1 aromatic heterocycles. The number of rotatable bonds is 3. The van der Waals surface area contributed by atoms with E-state index in [1.165, 1.54) is 18.4 Å². The van der Waals surface area contributed by atoms with Crippen LogP contribution in [0.3, 0.4) is 0 Å². The summed E-state index contributed by atoms with van der Waals surface area (Å²) >= 11 is 1.58. The van der Waals surface area contributed by atoms with Crippen molar-refractivity contribution in [2.75, 3.05) is 29.2 Å². The number of aryl methyl sites for hydroxylation is 1. The van der Waals surface area contributed by atoms with E-state index in [1.54, 1.807) is 23.6 Å². The van der Waals surface area contributed by atoms with Crippen LogP contribution in [0.15, 0.2) is 12.1 Å². The van der Waals surface area contributed by atoms with E-state index in [2.05, 4.69) is 4.98 Å². The molecular weight excluding hydrogens is 300 g/mol. The highest BCUT2D eigenvalue weighted by Crippen LogP contribution is 2.26. The summed E-state index contributed by atoms with van der Waals surface area (Å²) in [5.74, 6) is 0.637. The van der Waals surface area contributed by atoms with E-state index >= 15 is 0 Å². The number of pyridine rings is 1.